The molecule has 4 nitrogen and oxygen atoms in total. The number of carbonyl (C=O) groups excluding carboxylic acids is 2. The monoisotopic (exact) mass is 340 g/mol. The van der Waals surface area contributed by atoms with Crippen molar-refractivity contribution < 1.29 is 9.59 Å². The van der Waals surface area contributed by atoms with Gasteiger partial charge >= 0.3 is 0 Å². The average Bonchev–Trinajstić information content (AvgIpc) is 2.35. The molecule has 2 amide bonds. The summed E-state index contributed by atoms with van der Waals surface area (Å²) in [7, 11) is 0. The molecule has 0 radical (unpaired) electrons. The molecule has 0 spiro atoms. The van der Waals surface area contributed by atoms with Gasteiger partial charge in [0.1, 0.15) is 6.04 Å². The van der Waals surface area contributed by atoms with Gasteiger partial charge in [0.2, 0.25) is 11.8 Å². The number of nitrogens with one attached hydrogen (secondary N) is 1. The van der Waals surface area contributed by atoms with E-state index in [1.54, 1.807) is 0 Å². The van der Waals surface area contributed by atoms with Crippen LogP contribution in [0.1, 0.15) is 38.7 Å². The molecule has 1 rings (SSSR count). The molecule has 0 aliphatic rings. The van der Waals surface area contributed by atoms with Crippen LogP contribution in [-0.2, 0) is 9.59 Å². The highest BCUT2D eigenvalue weighted by Gasteiger charge is 2.23. The van der Waals surface area contributed by atoms with E-state index >= 15 is 0 Å². The van der Waals surface area contributed by atoms with Gasteiger partial charge in [-0.3, -0.25) is 9.59 Å². The van der Waals surface area contributed by atoms with Crippen LogP contribution in [0.15, 0.2) is 28.7 Å². The minimum atomic E-state index is -0.617. The lowest BCUT2D eigenvalue weighted by Crippen LogP contribution is -2.47. The van der Waals surface area contributed by atoms with Crippen molar-refractivity contribution in [1.82, 2.24) is 5.32 Å². The van der Waals surface area contributed by atoms with Crippen molar-refractivity contribution in [2.24, 2.45) is 11.7 Å². The molecule has 0 aliphatic carbocycles. The van der Waals surface area contributed by atoms with E-state index in [9.17, 15) is 9.59 Å². The predicted octanol–water partition coefficient (Wildman–Crippen LogP) is 2.57. The molecular formula is C15H21BrN2O2. The van der Waals surface area contributed by atoms with Gasteiger partial charge in [-0.15, -0.1) is 0 Å². The van der Waals surface area contributed by atoms with Crippen molar-refractivity contribution in [1.29, 1.82) is 0 Å². The van der Waals surface area contributed by atoms with Crippen LogP contribution in [0.2, 0.25) is 0 Å². The van der Waals surface area contributed by atoms with E-state index < -0.39 is 11.9 Å². The summed E-state index contributed by atoms with van der Waals surface area (Å²) < 4.78 is 0.982. The molecule has 0 aliphatic heterocycles. The van der Waals surface area contributed by atoms with Gasteiger partial charge in [0.15, 0.2) is 0 Å². The maximum atomic E-state index is 12.0. The Kier molecular flexibility index (Phi) is 6.20. The topological polar surface area (TPSA) is 72.2 Å². The number of hydrogen-bond donors (Lipinski definition) is 2. The van der Waals surface area contributed by atoms with E-state index in [1.165, 1.54) is 0 Å². The molecule has 20 heavy (non-hydrogen) atoms. The van der Waals surface area contributed by atoms with Gasteiger partial charge in [-0.2, -0.15) is 0 Å². The fourth-order valence-corrected chi connectivity index (χ4v) is 2.74. The van der Waals surface area contributed by atoms with Crippen LogP contribution in [0.4, 0.5) is 0 Å². The first kappa shape index (κ1) is 16.7. The van der Waals surface area contributed by atoms with Crippen LogP contribution in [-0.4, -0.2) is 17.9 Å². The summed E-state index contributed by atoms with van der Waals surface area (Å²) in [6.07, 6.45) is 0.319. The maximum Gasteiger partial charge on any atom is 0.240 e. The molecule has 1 aromatic carbocycles. The zero-order valence-corrected chi connectivity index (χ0v) is 13.6. The first-order valence-electron chi connectivity index (χ1n) is 6.66. The first-order chi connectivity index (χ1) is 9.32. The van der Waals surface area contributed by atoms with Gasteiger partial charge in [0.25, 0.3) is 0 Å². The molecule has 0 aromatic heterocycles. The summed E-state index contributed by atoms with van der Waals surface area (Å²) in [5.41, 5.74) is 6.36. The molecule has 0 saturated carbocycles. The summed E-state index contributed by atoms with van der Waals surface area (Å²) in [6.45, 7) is 5.69. The summed E-state index contributed by atoms with van der Waals surface area (Å²) >= 11 is 3.48. The van der Waals surface area contributed by atoms with Gasteiger partial charge in [0, 0.05) is 10.9 Å². The molecule has 1 aromatic rings. The van der Waals surface area contributed by atoms with Gasteiger partial charge in [0.05, 0.1) is 0 Å². The van der Waals surface area contributed by atoms with E-state index in [0.717, 1.165) is 10.0 Å². The molecule has 5 heteroatoms. The van der Waals surface area contributed by atoms with Crippen LogP contribution < -0.4 is 11.1 Å². The molecule has 0 bridgehead atoms. The van der Waals surface area contributed by atoms with Gasteiger partial charge in [-0.25, -0.2) is 0 Å². The van der Waals surface area contributed by atoms with Gasteiger partial charge in [-0.1, -0.05) is 54.9 Å². The standard InChI is InChI=1S/C15H21BrN2O2/c1-9(2)14(15(17)20)18-13(19)8-10(3)11-6-4-5-7-12(11)16/h4-7,9-10,14H,8H2,1-3H3,(H2,17,20)(H,18,19). The van der Waals surface area contributed by atoms with Crippen LogP contribution in [0.25, 0.3) is 0 Å². The smallest absolute Gasteiger partial charge is 0.240 e. The third-order valence-corrected chi connectivity index (χ3v) is 3.94. The normalized spacial score (nSPS) is 13.8. The van der Waals surface area contributed by atoms with Crippen molar-refractivity contribution in [3.63, 3.8) is 0 Å². The summed E-state index contributed by atoms with van der Waals surface area (Å²) in [4.78, 5) is 23.3. The number of primary amides is 1. The highest BCUT2D eigenvalue weighted by atomic mass is 79.9. The Bertz CT molecular complexity index is 489. The first-order valence-corrected chi connectivity index (χ1v) is 7.45. The molecule has 3 N–H and O–H groups in total. The van der Waals surface area contributed by atoms with Crippen molar-refractivity contribution in [2.75, 3.05) is 0 Å². The lowest BCUT2D eigenvalue weighted by Gasteiger charge is -2.20. The second-order valence-electron chi connectivity index (χ2n) is 5.32. The third kappa shape index (κ3) is 4.63. The van der Waals surface area contributed by atoms with E-state index in [4.69, 9.17) is 5.73 Å². The van der Waals surface area contributed by atoms with E-state index in [2.05, 4.69) is 21.2 Å². The second kappa shape index (κ2) is 7.43. The fourth-order valence-electron chi connectivity index (χ4n) is 2.06. The van der Waals surface area contributed by atoms with Crippen molar-refractivity contribution in [3.05, 3.63) is 34.3 Å². The Labute approximate surface area is 128 Å². The maximum absolute atomic E-state index is 12.0. The van der Waals surface area contributed by atoms with Crippen molar-refractivity contribution >= 4 is 27.7 Å². The van der Waals surface area contributed by atoms with Gasteiger partial charge < -0.3 is 11.1 Å². The highest BCUT2D eigenvalue weighted by molar-refractivity contribution is 9.10. The Morgan fingerprint density at radius 2 is 1.85 bits per heavy atom. The highest BCUT2D eigenvalue weighted by Crippen LogP contribution is 2.26. The predicted molar refractivity (Wildman–Crippen MR) is 83.1 cm³/mol. The van der Waals surface area contributed by atoms with Gasteiger partial charge in [-0.05, 0) is 23.5 Å². The molecular weight excluding hydrogens is 320 g/mol. The summed E-state index contributed by atoms with van der Waals surface area (Å²) in [5, 5.41) is 2.71. The van der Waals surface area contributed by atoms with Crippen LogP contribution in [0.3, 0.4) is 0 Å². The lowest BCUT2D eigenvalue weighted by atomic mass is 9.96. The van der Waals surface area contributed by atoms with Crippen LogP contribution in [0.5, 0.6) is 0 Å². The van der Waals surface area contributed by atoms with Crippen LogP contribution in [0, 0.1) is 5.92 Å². The zero-order chi connectivity index (χ0) is 15.3. The number of amides is 2. The van der Waals surface area contributed by atoms with Crippen molar-refractivity contribution in [2.45, 2.75) is 39.2 Å². The number of rotatable bonds is 6. The number of halogens is 1. The molecule has 0 saturated heterocycles. The SMILES string of the molecule is CC(CC(=O)NC(C(N)=O)C(C)C)c1ccccc1Br. The quantitative estimate of drug-likeness (QED) is 0.835. The van der Waals surface area contributed by atoms with E-state index in [0.29, 0.717) is 6.42 Å². The summed E-state index contributed by atoms with van der Waals surface area (Å²) in [5.74, 6) is -0.617. The van der Waals surface area contributed by atoms with Crippen LogP contribution >= 0.6 is 15.9 Å². The average molecular weight is 341 g/mol. The zero-order valence-electron chi connectivity index (χ0n) is 12.0. The number of hydrogen-bond acceptors (Lipinski definition) is 2. The molecule has 0 heterocycles. The fraction of sp³-hybridized carbons (Fsp3) is 0.467. The number of carbonyl (C=O) groups is 2. The van der Waals surface area contributed by atoms with E-state index in [-0.39, 0.29) is 17.7 Å². The second-order valence-corrected chi connectivity index (χ2v) is 6.17. The molecule has 2 unspecified atom stereocenters. The summed E-state index contributed by atoms with van der Waals surface area (Å²) in [6, 6.07) is 7.19. The molecule has 110 valence electrons. The Balaban J connectivity index is 2.67. The lowest BCUT2D eigenvalue weighted by molar-refractivity contribution is -0.128. The Hall–Kier alpha value is -1.36. The minimum Gasteiger partial charge on any atom is -0.368 e. The van der Waals surface area contributed by atoms with Crippen molar-refractivity contribution in [3.8, 4) is 0 Å². The molecule has 0 fully saturated rings. The number of nitrogens with two attached hydrogens (primary N) is 1. The third-order valence-electron chi connectivity index (χ3n) is 3.22. The minimum absolute atomic E-state index is 0.0183. The Morgan fingerprint density at radius 1 is 1.25 bits per heavy atom. The largest absolute Gasteiger partial charge is 0.368 e. The molecule has 2 atom stereocenters. The number of benzene rings is 1. The van der Waals surface area contributed by atoms with E-state index in [1.807, 2.05) is 45.0 Å². The Morgan fingerprint density at radius 3 is 2.35 bits per heavy atom.